The number of carbonyl (C=O) groups is 1. The van der Waals surface area contributed by atoms with E-state index in [-0.39, 0.29) is 12.1 Å². The predicted octanol–water partition coefficient (Wildman–Crippen LogP) is 1.87. The van der Waals surface area contributed by atoms with Crippen LogP contribution in [0, 0.1) is 0 Å². The Labute approximate surface area is 154 Å². The molecule has 3 heterocycles. The summed E-state index contributed by atoms with van der Waals surface area (Å²) in [5, 5.41) is 13.6. The topological polar surface area (TPSA) is 120 Å². The highest BCUT2D eigenvalue weighted by molar-refractivity contribution is 5.89. The Morgan fingerprint density at radius 2 is 2.33 bits per heavy atom. The van der Waals surface area contributed by atoms with E-state index < -0.39 is 0 Å². The number of carbonyl (C=O) groups excluding carboxylic acids is 1. The Kier molecular flexibility index (Phi) is 5.06. The molecule has 27 heavy (non-hydrogen) atoms. The summed E-state index contributed by atoms with van der Waals surface area (Å²) >= 11 is 0. The number of urea groups is 1. The molecular weight excluding hydrogens is 350 g/mol. The van der Waals surface area contributed by atoms with Crippen molar-refractivity contribution in [1.29, 1.82) is 0 Å². The number of anilines is 1. The Hall–Kier alpha value is -3.27. The van der Waals surface area contributed by atoms with E-state index in [9.17, 15) is 4.79 Å². The molecule has 0 spiro atoms. The summed E-state index contributed by atoms with van der Waals surface area (Å²) in [6, 6.07) is 7.00. The Morgan fingerprint density at radius 3 is 3.15 bits per heavy atom. The first-order chi connectivity index (χ1) is 13.3. The van der Waals surface area contributed by atoms with Crippen LogP contribution in [0.5, 0.6) is 0 Å². The van der Waals surface area contributed by atoms with Crippen LogP contribution >= 0.6 is 0 Å². The zero-order valence-corrected chi connectivity index (χ0v) is 14.5. The van der Waals surface area contributed by atoms with Gasteiger partial charge in [-0.3, -0.25) is 0 Å². The minimum absolute atomic E-state index is 0.0974. The van der Waals surface area contributed by atoms with Crippen molar-refractivity contribution < 1.29 is 14.1 Å². The highest BCUT2D eigenvalue weighted by Gasteiger charge is 2.23. The summed E-state index contributed by atoms with van der Waals surface area (Å²) < 4.78 is 12.4. The van der Waals surface area contributed by atoms with Gasteiger partial charge in [-0.05, 0) is 31.0 Å². The van der Waals surface area contributed by atoms with Gasteiger partial charge in [-0.15, -0.1) is 0 Å². The normalized spacial score (nSPS) is 16.4. The molecule has 4 rings (SSSR count). The average Bonchev–Trinajstić information content (AvgIpc) is 3.43. The Morgan fingerprint density at radius 1 is 1.37 bits per heavy atom. The van der Waals surface area contributed by atoms with Crippen molar-refractivity contribution in [3.63, 3.8) is 0 Å². The van der Waals surface area contributed by atoms with E-state index in [0.29, 0.717) is 30.4 Å². The largest absolute Gasteiger partial charge is 0.368 e. The van der Waals surface area contributed by atoms with E-state index in [4.69, 9.17) is 9.26 Å². The maximum absolute atomic E-state index is 12.1. The molecule has 3 aromatic rings. The summed E-state index contributed by atoms with van der Waals surface area (Å²) in [7, 11) is 0. The third kappa shape index (κ3) is 4.29. The molecule has 2 amide bonds. The predicted molar refractivity (Wildman–Crippen MR) is 94.3 cm³/mol. The lowest BCUT2D eigenvalue weighted by Crippen LogP contribution is -2.30. The van der Waals surface area contributed by atoms with E-state index in [0.717, 1.165) is 25.1 Å². The van der Waals surface area contributed by atoms with Gasteiger partial charge in [0.05, 0.1) is 5.69 Å². The Balaban J connectivity index is 1.26. The molecule has 1 aromatic carbocycles. The molecule has 1 atom stereocenters. The number of hydrogen-bond acceptors (Lipinski definition) is 7. The van der Waals surface area contributed by atoms with Crippen LogP contribution in [0.1, 0.15) is 30.7 Å². The van der Waals surface area contributed by atoms with Gasteiger partial charge >= 0.3 is 6.03 Å². The molecule has 10 nitrogen and oxygen atoms in total. The molecule has 2 aromatic heterocycles. The quantitative estimate of drug-likeness (QED) is 0.680. The Bertz CT molecular complexity index is 888. The molecule has 1 saturated heterocycles. The van der Waals surface area contributed by atoms with E-state index >= 15 is 0 Å². The summed E-state index contributed by atoms with van der Waals surface area (Å²) in [5.74, 6) is 1.06. The van der Waals surface area contributed by atoms with Crippen molar-refractivity contribution in [3.05, 3.63) is 48.6 Å². The monoisotopic (exact) mass is 369 g/mol. The first-order valence-electron chi connectivity index (χ1n) is 8.72. The standard InChI is InChI=1S/C17H19N7O3/c25-17(21-12-3-1-4-13(9-12)24-11-18-10-20-24)19-7-6-15-22-16(27-23-15)14-5-2-8-26-14/h1,3-4,9-11,14H,2,5-8H2,(H2,19,21,25)/t14-/m1/s1. The van der Waals surface area contributed by atoms with Crippen LogP contribution in [0.25, 0.3) is 5.69 Å². The molecule has 0 bridgehead atoms. The second-order valence-corrected chi connectivity index (χ2v) is 6.07. The van der Waals surface area contributed by atoms with Crippen LogP contribution in [-0.2, 0) is 11.2 Å². The molecule has 0 radical (unpaired) electrons. The van der Waals surface area contributed by atoms with Crippen molar-refractivity contribution in [2.45, 2.75) is 25.4 Å². The molecule has 2 N–H and O–H groups in total. The van der Waals surface area contributed by atoms with Gasteiger partial charge < -0.3 is 19.9 Å². The molecule has 0 saturated carbocycles. The fourth-order valence-electron chi connectivity index (χ4n) is 2.80. The SMILES string of the molecule is O=C(NCCc1noc([C@H]2CCCO2)n1)Nc1cccc(-n2cncn2)c1. The number of rotatable bonds is 6. The number of aromatic nitrogens is 5. The second-order valence-electron chi connectivity index (χ2n) is 6.07. The summed E-state index contributed by atoms with van der Waals surface area (Å²) in [5.41, 5.74) is 1.46. The van der Waals surface area contributed by atoms with Crippen molar-refractivity contribution in [1.82, 2.24) is 30.2 Å². The van der Waals surface area contributed by atoms with Crippen LogP contribution in [0.15, 0.2) is 41.4 Å². The third-order valence-corrected chi connectivity index (χ3v) is 4.11. The van der Waals surface area contributed by atoms with Crippen molar-refractivity contribution >= 4 is 11.7 Å². The van der Waals surface area contributed by atoms with E-state index in [2.05, 4.69) is 30.9 Å². The van der Waals surface area contributed by atoms with Gasteiger partial charge in [0.1, 0.15) is 18.8 Å². The average molecular weight is 369 g/mol. The highest BCUT2D eigenvalue weighted by Crippen LogP contribution is 2.26. The molecule has 10 heteroatoms. The molecular formula is C17H19N7O3. The summed E-state index contributed by atoms with van der Waals surface area (Å²) in [6.45, 7) is 1.11. The van der Waals surface area contributed by atoms with Gasteiger partial charge in [0, 0.05) is 25.3 Å². The van der Waals surface area contributed by atoms with Gasteiger partial charge in [-0.25, -0.2) is 14.5 Å². The van der Waals surface area contributed by atoms with Gasteiger partial charge in [0.25, 0.3) is 5.89 Å². The third-order valence-electron chi connectivity index (χ3n) is 4.11. The van der Waals surface area contributed by atoms with Gasteiger partial charge in [-0.1, -0.05) is 11.2 Å². The van der Waals surface area contributed by atoms with E-state index in [1.54, 1.807) is 23.1 Å². The first kappa shape index (κ1) is 17.2. The summed E-state index contributed by atoms with van der Waals surface area (Å²) in [6.07, 6.45) is 5.32. The molecule has 1 aliphatic heterocycles. The number of nitrogens with one attached hydrogen (secondary N) is 2. The zero-order chi connectivity index (χ0) is 18.5. The van der Waals surface area contributed by atoms with Crippen LogP contribution in [-0.4, -0.2) is 44.1 Å². The van der Waals surface area contributed by atoms with Crippen molar-refractivity contribution in [3.8, 4) is 5.69 Å². The number of hydrogen-bond donors (Lipinski definition) is 2. The number of ether oxygens (including phenoxy) is 1. The molecule has 0 unspecified atom stereocenters. The maximum atomic E-state index is 12.1. The molecule has 140 valence electrons. The number of benzene rings is 1. The van der Waals surface area contributed by atoms with Crippen LogP contribution in [0.4, 0.5) is 10.5 Å². The fourth-order valence-corrected chi connectivity index (χ4v) is 2.80. The van der Waals surface area contributed by atoms with Crippen LogP contribution in [0.2, 0.25) is 0 Å². The lowest BCUT2D eigenvalue weighted by atomic mass is 10.2. The van der Waals surface area contributed by atoms with Crippen LogP contribution < -0.4 is 10.6 Å². The smallest absolute Gasteiger partial charge is 0.319 e. The highest BCUT2D eigenvalue weighted by atomic mass is 16.5. The van der Waals surface area contributed by atoms with E-state index in [1.807, 2.05) is 12.1 Å². The minimum Gasteiger partial charge on any atom is -0.368 e. The van der Waals surface area contributed by atoms with Gasteiger partial charge in [0.15, 0.2) is 5.82 Å². The van der Waals surface area contributed by atoms with Gasteiger partial charge in [-0.2, -0.15) is 10.1 Å². The summed E-state index contributed by atoms with van der Waals surface area (Å²) in [4.78, 5) is 20.3. The van der Waals surface area contributed by atoms with E-state index in [1.165, 1.54) is 6.33 Å². The zero-order valence-electron chi connectivity index (χ0n) is 14.5. The van der Waals surface area contributed by atoms with Crippen molar-refractivity contribution in [2.24, 2.45) is 0 Å². The lowest BCUT2D eigenvalue weighted by molar-refractivity contribution is 0.0835. The number of amides is 2. The molecule has 1 aliphatic rings. The van der Waals surface area contributed by atoms with Gasteiger partial charge in [0.2, 0.25) is 0 Å². The second kappa shape index (κ2) is 7.96. The maximum Gasteiger partial charge on any atom is 0.319 e. The fraction of sp³-hybridized carbons (Fsp3) is 0.353. The van der Waals surface area contributed by atoms with Crippen LogP contribution in [0.3, 0.4) is 0 Å². The lowest BCUT2D eigenvalue weighted by Gasteiger charge is -2.08. The number of nitrogens with zero attached hydrogens (tertiary/aromatic N) is 5. The minimum atomic E-state index is -0.311. The molecule has 0 aliphatic carbocycles. The molecule has 1 fully saturated rings. The van der Waals surface area contributed by atoms with Crippen molar-refractivity contribution in [2.75, 3.05) is 18.5 Å². The first-order valence-corrected chi connectivity index (χ1v) is 8.72.